The van der Waals surface area contributed by atoms with Crippen LogP contribution in [0.1, 0.15) is 12.6 Å². The van der Waals surface area contributed by atoms with Gasteiger partial charge in [-0.25, -0.2) is 4.79 Å². The van der Waals surface area contributed by atoms with Crippen molar-refractivity contribution in [3.8, 4) is 23.0 Å². The molecule has 3 heterocycles. The largest absolute Gasteiger partial charge is 0.490 e. The van der Waals surface area contributed by atoms with E-state index in [1.807, 2.05) is 39.9 Å². The molecule has 0 spiro atoms. The Bertz CT molecular complexity index is 1360. The lowest BCUT2D eigenvalue weighted by Gasteiger charge is -2.26. The molecule has 1 aliphatic rings. The minimum atomic E-state index is -0.431. The molecule has 5 rings (SSSR count). The van der Waals surface area contributed by atoms with E-state index in [4.69, 9.17) is 18.9 Å². The van der Waals surface area contributed by atoms with E-state index in [2.05, 4.69) is 16.0 Å². The number of fused-ring (bicyclic) bond motifs is 2. The van der Waals surface area contributed by atoms with Crippen molar-refractivity contribution >= 4 is 41.2 Å². The number of ether oxygens (including phenoxy) is 4. The summed E-state index contributed by atoms with van der Waals surface area (Å²) >= 11 is 0. The van der Waals surface area contributed by atoms with E-state index < -0.39 is 6.09 Å². The first kappa shape index (κ1) is 22.1. The van der Waals surface area contributed by atoms with Crippen LogP contribution in [0.25, 0.3) is 21.8 Å². The molecular formula is C25H26BN3O5. The third-order valence-corrected chi connectivity index (χ3v) is 5.91. The highest BCUT2D eigenvalue weighted by Crippen LogP contribution is 2.37. The minimum absolute atomic E-state index is 0.331. The van der Waals surface area contributed by atoms with Crippen LogP contribution in [0, 0.1) is 6.92 Å². The number of benzene rings is 2. The van der Waals surface area contributed by atoms with Gasteiger partial charge in [-0.05, 0) is 55.0 Å². The predicted octanol–water partition coefficient (Wildman–Crippen LogP) is 3.30. The van der Waals surface area contributed by atoms with E-state index >= 15 is 0 Å². The molecule has 4 aromatic rings. The zero-order valence-corrected chi connectivity index (χ0v) is 19.5. The quantitative estimate of drug-likeness (QED) is 0.461. The van der Waals surface area contributed by atoms with Gasteiger partial charge in [0.1, 0.15) is 19.3 Å². The van der Waals surface area contributed by atoms with Gasteiger partial charge in [0.2, 0.25) is 0 Å². The van der Waals surface area contributed by atoms with Crippen molar-refractivity contribution < 1.29 is 23.7 Å². The monoisotopic (exact) mass is 459 g/mol. The van der Waals surface area contributed by atoms with Gasteiger partial charge in [0.15, 0.2) is 11.5 Å². The Hall–Kier alpha value is -3.72. The van der Waals surface area contributed by atoms with Crippen LogP contribution in [-0.4, -0.2) is 61.7 Å². The van der Waals surface area contributed by atoms with Crippen LogP contribution >= 0.6 is 0 Å². The smallest absolute Gasteiger partial charge is 0.415 e. The zero-order chi connectivity index (χ0) is 23.7. The van der Waals surface area contributed by atoms with E-state index in [-0.39, 0.29) is 0 Å². The molecule has 0 aliphatic carbocycles. The first-order valence-corrected chi connectivity index (χ1v) is 11.4. The Morgan fingerprint density at radius 3 is 2.71 bits per heavy atom. The summed E-state index contributed by atoms with van der Waals surface area (Å²) in [6.07, 6.45) is 1.26. The van der Waals surface area contributed by atoms with Gasteiger partial charge in [0, 0.05) is 41.9 Å². The number of hydrogen-bond donors (Lipinski definition) is 1. The van der Waals surface area contributed by atoms with E-state index in [1.165, 1.54) is 0 Å². The molecule has 1 fully saturated rings. The van der Waals surface area contributed by atoms with Gasteiger partial charge in [-0.15, -0.1) is 0 Å². The topological polar surface area (TPSA) is 85.9 Å². The number of nitrogens with one attached hydrogen (secondary N) is 1. The molecule has 1 amide bonds. The van der Waals surface area contributed by atoms with Gasteiger partial charge in [-0.1, -0.05) is 0 Å². The van der Waals surface area contributed by atoms with Crippen LogP contribution in [0.4, 0.5) is 4.79 Å². The molecule has 8 nitrogen and oxygen atoms in total. The fraction of sp³-hybridized carbons (Fsp3) is 0.280. The number of pyridine rings is 1. The fourth-order valence-corrected chi connectivity index (χ4v) is 4.17. The Morgan fingerprint density at radius 1 is 1.09 bits per heavy atom. The fourth-order valence-electron chi connectivity index (χ4n) is 4.17. The first-order valence-electron chi connectivity index (χ1n) is 11.4. The Balaban J connectivity index is 1.52. The molecule has 174 valence electrons. The number of aromatic nitrogens is 2. The highest BCUT2D eigenvalue weighted by Gasteiger charge is 2.22. The molecule has 0 radical (unpaired) electrons. The van der Waals surface area contributed by atoms with E-state index in [9.17, 15) is 4.79 Å². The molecule has 0 saturated carbocycles. The van der Waals surface area contributed by atoms with Gasteiger partial charge < -0.3 is 28.8 Å². The minimum Gasteiger partial charge on any atom is -0.490 e. The Morgan fingerprint density at radius 2 is 1.91 bits per heavy atom. The number of morpholine rings is 1. The van der Waals surface area contributed by atoms with Crippen LogP contribution < -0.4 is 19.7 Å². The molecule has 0 unspecified atom stereocenters. The lowest BCUT2D eigenvalue weighted by Crippen LogP contribution is -2.42. The molecule has 2 aromatic carbocycles. The zero-order valence-electron chi connectivity index (χ0n) is 19.5. The summed E-state index contributed by atoms with van der Waals surface area (Å²) in [5.41, 5.74) is 3.89. The molecular weight excluding hydrogens is 433 g/mol. The van der Waals surface area contributed by atoms with Gasteiger partial charge in [0.25, 0.3) is 0 Å². The number of H-pyrrole nitrogens is 1. The second-order valence-electron chi connectivity index (χ2n) is 8.23. The number of carbonyl (C=O) groups is 1. The lowest BCUT2D eigenvalue weighted by atomic mass is 9.91. The number of aryl methyl sites for hydroxylation is 1. The van der Waals surface area contributed by atoms with Crippen LogP contribution in [0.15, 0.2) is 42.6 Å². The Labute approximate surface area is 198 Å². The van der Waals surface area contributed by atoms with Gasteiger partial charge >= 0.3 is 6.09 Å². The maximum atomic E-state index is 12.7. The van der Waals surface area contributed by atoms with E-state index in [1.54, 1.807) is 23.2 Å². The normalized spacial score (nSPS) is 13.9. The molecule has 9 heteroatoms. The molecule has 0 bridgehead atoms. The molecule has 2 aromatic heterocycles. The number of aromatic amines is 1. The molecule has 34 heavy (non-hydrogen) atoms. The standard InChI is InChI=1S/C25H26BN3O5/c1-3-32-22-14-19-16(13-23(22)34-25(30)29-8-10-31-11-9-29)20(6-7-27-19)33-21-5-4-18-17(24(21)26)12-15(2)28-18/h4-7,12-14,28H,3,8-11,26H2,1-2H3. The van der Waals surface area contributed by atoms with Crippen molar-refractivity contribution in [1.82, 2.24) is 14.9 Å². The molecule has 0 atom stereocenters. The van der Waals surface area contributed by atoms with Crippen molar-refractivity contribution in [3.63, 3.8) is 0 Å². The summed E-state index contributed by atoms with van der Waals surface area (Å²) in [6, 6.07) is 11.4. The van der Waals surface area contributed by atoms with Crippen LogP contribution in [0.3, 0.4) is 0 Å². The third-order valence-electron chi connectivity index (χ3n) is 5.91. The van der Waals surface area contributed by atoms with Crippen LogP contribution in [0.2, 0.25) is 0 Å². The van der Waals surface area contributed by atoms with Crippen molar-refractivity contribution in [2.75, 3.05) is 32.9 Å². The van der Waals surface area contributed by atoms with Gasteiger partial charge in [-0.3, -0.25) is 4.98 Å². The van der Waals surface area contributed by atoms with Crippen molar-refractivity contribution in [1.29, 1.82) is 0 Å². The number of amides is 1. The summed E-state index contributed by atoms with van der Waals surface area (Å²) in [5.74, 6) is 2.16. The lowest BCUT2D eigenvalue weighted by molar-refractivity contribution is 0.0413. The van der Waals surface area contributed by atoms with Crippen molar-refractivity contribution in [2.24, 2.45) is 0 Å². The summed E-state index contributed by atoms with van der Waals surface area (Å²) < 4.78 is 23.2. The maximum absolute atomic E-state index is 12.7. The maximum Gasteiger partial charge on any atom is 0.415 e. The highest BCUT2D eigenvalue weighted by atomic mass is 16.6. The second-order valence-corrected chi connectivity index (χ2v) is 8.23. The molecule has 1 saturated heterocycles. The first-order chi connectivity index (χ1) is 16.5. The molecule has 1 N–H and O–H groups in total. The van der Waals surface area contributed by atoms with Gasteiger partial charge in [0.05, 0.1) is 25.3 Å². The average Bonchev–Trinajstić information content (AvgIpc) is 3.23. The SMILES string of the molecule is Bc1c(Oc2ccnc3cc(OCC)c(OC(=O)N4CCOCC4)cc23)ccc2[nH]c(C)cc12. The number of hydrogen-bond acceptors (Lipinski definition) is 6. The highest BCUT2D eigenvalue weighted by molar-refractivity contribution is 6.40. The number of rotatable bonds is 5. The van der Waals surface area contributed by atoms with E-state index in [0.29, 0.717) is 55.7 Å². The average molecular weight is 459 g/mol. The number of carbonyl (C=O) groups excluding carboxylic acids is 1. The van der Waals surface area contributed by atoms with Gasteiger partial charge in [-0.2, -0.15) is 0 Å². The third kappa shape index (κ3) is 4.26. The summed E-state index contributed by atoms with van der Waals surface area (Å²) in [6.45, 7) is 6.33. The number of nitrogens with zero attached hydrogens (tertiary/aromatic N) is 2. The molecule has 1 aliphatic heterocycles. The summed E-state index contributed by atoms with van der Waals surface area (Å²) in [4.78, 5) is 22.2. The predicted molar refractivity (Wildman–Crippen MR) is 133 cm³/mol. The van der Waals surface area contributed by atoms with Crippen LogP contribution in [-0.2, 0) is 4.74 Å². The summed E-state index contributed by atoms with van der Waals surface area (Å²) in [5, 5.41) is 1.84. The second kappa shape index (κ2) is 9.27. The summed E-state index contributed by atoms with van der Waals surface area (Å²) in [7, 11) is 2.04. The Kier molecular flexibility index (Phi) is 6.02. The van der Waals surface area contributed by atoms with E-state index in [0.717, 1.165) is 33.2 Å². The van der Waals surface area contributed by atoms with Crippen molar-refractivity contribution in [3.05, 3.63) is 48.3 Å². The van der Waals surface area contributed by atoms with Crippen molar-refractivity contribution in [2.45, 2.75) is 13.8 Å². The van der Waals surface area contributed by atoms with Crippen LogP contribution in [0.5, 0.6) is 23.0 Å².